The molecule has 15 heavy (non-hydrogen) atoms. The van der Waals surface area contributed by atoms with Crippen LogP contribution in [-0.4, -0.2) is 22.8 Å². The first-order chi connectivity index (χ1) is 7.25. The number of hydrogen-bond acceptors (Lipinski definition) is 1. The van der Waals surface area contributed by atoms with Gasteiger partial charge in [-0.2, -0.15) is 0 Å². The average molecular weight is 272 g/mol. The Balaban J connectivity index is 1.95. The number of nitrogens with zero attached hydrogens (tertiary/aromatic N) is 1. The Bertz CT molecular complexity index is 321. The van der Waals surface area contributed by atoms with Gasteiger partial charge in [-0.25, -0.2) is 4.39 Å². The van der Waals surface area contributed by atoms with Crippen LogP contribution in [0.4, 0.5) is 4.39 Å². The fourth-order valence-electron chi connectivity index (χ4n) is 1.93. The second-order valence-electron chi connectivity index (χ2n) is 4.04. The van der Waals surface area contributed by atoms with Crippen LogP contribution in [0.25, 0.3) is 0 Å². The van der Waals surface area contributed by atoms with E-state index >= 15 is 0 Å². The highest BCUT2D eigenvalue weighted by Crippen LogP contribution is 2.19. The van der Waals surface area contributed by atoms with Gasteiger partial charge in [-0.15, -0.1) is 0 Å². The van der Waals surface area contributed by atoms with Crippen molar-refractivity contribution in [3.63, 3.8) is 0 Å². The topological polar surface area (TPSA) is 3.24 Å². The molecule has 1 fully saturated rings. The lowest BCUT2D eigenvalue weighted by molar-refractivity contribution is 0.223. The summed E-state index contributed by atoms with van der Waals surface area (Å²) < 4.78 is 13.4. The van der Waals surface area contributed by atoms with E-state index in [1.807, 2.05) is 12.1 Å². The Hall–Kier alpha value is -0.410. The van der Waals surface area contributed by atoms with Crippen LogP contribution >= 0.6 is 15.9 Å². The molecule has 0 N–H and O–H groups in total. The van der Waals surface area contributed by atoms with Crippen molar-refractivity contribution in [1.29, 1.82) is 0 Å². The van der Waals surface area contributed by atoms with Gasteiger partial charge in [0.2, 0.25) is 0 Å². The lowest BCUT2D eigenvalue weighted by Crippen LogP contribution is -2.33. The largest absolute Gasteiger partial charge is 0.299 e. The van der Waals surface area contributed by atoms with E-state index in [1.54, 1.807) is 6.07 Å². The van der Waals surface area contributed by atoms with Crippen molar-refractivity contribution < 1.29 is 4.39 Å². The summed E-state index contributed by atoms with van der Waals surface area (Å²) in [5.74, 6) is -0.0848. The molecule has 1 heterocycles. The Morgan fingerprint density at radius 1 is 1.27 bits per heavy atom. The number of hydrogen-bond donors (Lipinski definition) is 0. The highest BCUT2D eigenvalue weighted by atomic mass is 79.9. The van der Waals surface area contributed by atoms with Gasteiger partial charge in [-0.05, 0) is 32.0 Å². The van der Waals surface area contributed by atoms with Crippen molar-refractivity contribution in [1.82, 2.24) is 4.90 Å². The van der Waals surface area contributed by atoms with Crippen LogP contribution in [0.1, 0.15) is 18.4 Å². The minimum atomic E-state index is -0.0848. The molecule has 0 unspecified atom stereocenters. The first-order valence-electron chi connectivity index (χ1n) is 5.35. The Labute approximate surface area is 98.4 Å². The van der Waals surface area contributed by atoms with Crippen LogP contribution in [0.5, 0.6) is 0 Å². The molecule has 1 nitrogen and oxygen atoms in total. The first kappa shape index (κ1) is 11.1. The van der Waals surface area contributed by atoms with Gasteiger partial charge in [0.15, 0.2) is 0 Å². The third-order valence-corrected chi connectivity index (χ3v) is 3.78. The third kappa shape index (κ3) is 3.02. The molecule has 82 valence electrons. The minimum absolute atomic E-state index is 0.0848. The molecule has 0 bridgehead atoms. The standard InChI is InChI=1S/C12H15BrFN/c13-11-5-7-15(8-6-11)9-10-3-1-2-4-12(10)14/h1-4,11H,5-9H2. The number of piperidine rings is 1. The van der Waals surface area contributed by atoms with Crippen molar-refractivity contribution in [3.05, 3.63) is 35.6 Å². The smallest absolute Gasteiger partial charge is 0.127 e. The molecule has 3 heteroatoms. The van der Waals surface area contributed by atoms with Gasteiger partial charge in [0, 0.05) is 16.9 Å². The van der Waals surface area contributed by atoms with E-state index in [0.717, 1.165) is 38.0 Å². The summed E-state index contributed by atoms with van der Waals surface area (Å²) in [5.41, 5.74) is 0.811. The monoisotopic (exact) mass is 271 g/mol. The SMILES string of the molecule is Fc1ccccc1CN1CCC(Br)CC1. The van der Waals surface area contributed by atoms with Gasteiger partial charge in [0.1, 0.15) is 5.82 Å². The summed E-state index contributed by atoms with van der Waals surface area (Å²) in [5, 5.41) is 0. The number of rotatable bonds is 2. The molecule has 0 aliphatic carbocycles. The predicted octanol–water partition coefficient (Wildman–Crippen LogP) is 3.19. The summed E-state index contributed by atoms with van der Waals surface area (Å²) in [6, 6.07) is 7.04. The minimum Gasteiger partial charge on any atom is -0.299 e. The van der Waals surface area contributed by atoms with E-state index < -0.39 is 0 Å². The maximum absolute atomic E-state index is 13.4. The van der Waals surface area contributed by atoms with Crippen LogP contribution in [0, 0.1) is 5.82 Å². The molecule has 0 aromatic heterocycles. The van der Waals surface area contributed by atoms with E-state index in [4.69, 9.17) is 0 Å². The van der Waals surface area contributed by atoms with Crippen LogP contribution in [0.3, 0.4) is 0 Å². The molecule has 0 amide bonds. The van der Waals surface area contributed by atoms with E-state index in [1.165, 1.54) is 6.07 Å². The molecular weight excluding hydrogens is 257 g/mol. The van der Waals surface area contributed by atoms with E-state index in [2.05, 4.69) is 20.8 Å². The first-order valence-corrected chi connectivity index (χ1v) is 6.27. The maximum atomic E-state index is 13.4. The van der Waals surface area contributed by atoms with Crippen LogP contribution < -0.4 is 0 Å². The third-order valence-electron chi connectivity index (χ3n) is 2.87. The average Bonchev–Trinajstić information content (AvgIpc) is 2.25. The molecule has 0 spiro atoms. The lowest BCUT2D eigenvalue weighted by atomic mass is 10.1. The Morgan fingerprint density at radius 3 is 2.60 bits per heavy atom. The summed E-state index contributed by atoms with van der Waals surface area (Å²) in [4.78, 5) is 2.96. The molecule has 1 aromatic rings. The summed E-state index contributed by atoms with van der Waals surface area (Å²) in [6.07, 6.45) is 2.32. The molecule has 0 saturated carbocycles. The molecule has 1 aliphatic heterocycles. The van der Waals surface area contributed by atoms with Crippen molar-refractivity contribution in [2.24, 2.45) is 0 Å². The van der Waals surface area contributed by atoms with Gasteiger partial charge in [-0.3, -0.25) is 4.90 Å². The van der Waals surface area contributed by atoms with Gasteiger partial charge < -0.3 is 0 Å². The van der Waals surface area contributed by atoms with Gasteiger partial charge in [-0.1, -0.05) is 34.1 Å². The number of likely N-dealkylation sites (tertiary alicyclic amines) is 1. The van der Waals surface area contributed by atoms with Crippen LogP contribution in [0.2, 0.25) is 0 Å². The molecular formula is C12H15BrFN. The number of alkyl halides is 1. The lowest BCUT2D eigenvalue weighted by Gasteiger charge is -2.29. The van der Waals surface area contributed by atoms with E-state index in [9.17, 15) is 4.39 Å². The fraction of sp³-hybridized carbons (Fsp3) is 0.500. The second kappa shape index (κ2) is 5.08. The highest BCUT2D eigenvalue weighted by molar-refractivity contribution is 9.09. The zero-order valence-electron chi connectivity index (χ0n) is 8.63. The predicted molar refractivity (Wildman–Crippen MR) is 63.6 cm³/mol. The van der Waals surface area contributed by atoms with Crippen molar-refractivity contribution in [2.45, 2.75) is 24.2 Å². The normalized spacial score (nSPS) is 19.3. The molecule has 2 rings (SSSR count). The maximum Gasteiger partial charge on any atom is 0.127 e. The molecule has 1 aromatic carbocycles. The van der Waals surface area contributed by atoms with Crippen molar-refractivity contribution >= 4 is 15.9 Å². The van der Waals surface area contributed by atoms with Crippen LogP contribution in [0.15, 0.2) is 24.3 Å². The van der Waals surface area contributed by atoms with Gasteiger partial charge >= 0.3 is 0 Å². The molecule has 0 radical (unpaired) electrons. The summed E-state index contributed by atoms with van der Waals surface area (Å²) in [6.45, 7) is 2.86. The molecule has 1 aliphatic rings. The van der Waals surface area contributed by atoms with Crippen molar-refractivity contribution in [3.8, 4) is 0 Å². The quantitative estimate of drug-likeness (QED) is 0.747. The molecule has 0 atom stereocenters. The zero-order valence-corrected chi connectivity index (χ0v) is 10.2. The molecule has 1 saturated heterocycles. The second-order valence-corrected chi connectivity index (χ2v) is 5.34. The van der Waals surface area contributed by atoms with Crippen molar-refractivity contribution in [2.75, 3.05) is 13.1 Å². The summed E-state index contributed by atoms with van der Waals surface area (Å²) in [7, 11) is 0. The van der Waals surface area contributed by atoms with E-state index in [0.29, 0.717) is 4.83 Å². The summed E-state index contributed by atoms with van der Waals surface area (Å²) >= 11 is 3.61. The van der Waals surface area contributed by atoms with Crippen LogP contribution in [-0.2, 0) is 6.54 Å². The van der Waals surface area contributed by atoms with Gasteiger partial charge in [0.25, 0.3) is 0 Å². The number of halogens is 2. The zero-order chi connectivity index (χ0) is 10.7. The number of benzene rings is 1. The fourth-order valence-corrected chi connectivity index (χ4v) is 2.34. The van der Waals surface area contributed by atoms with Gasteiger partial charge in [0.05, 0.1) is 0 Å². The highest BCUT2D eigenvalue weighted by Gasteiger charge is 2.17. The Kier molecular flexibility index (Phi) is 3.76. The Morgan fingerprint density at radius 2 is 1.93 bits per heavy atom. The van der Waals surface area contributed by atoms with E-state index in [-0.39, 0.29) is 5.82 Å².